The molecule has 0 aliphatic heterocycles. The van der Waals surface area contributed by atoms with Gasteiger partial charge in [0.25, 0.3) is 23.2 Å². The van der Waals surface area contributed by atoms with Crippen molar-refractivity contribution in [1.29, 1.82) is 0 Å². The van der Waals surface area contributed by atoms with Crippen molar-refractivity contribution in [3.8, 4) is 0 Å². The molecule has 0 atom stereocenters. The van der Waals surface area contributed by atoms with Crippen LogP contribution in [0.5, 0.6) is 0 Å². The molecule has 0 radical (unpaired) electrons. The van der Waals surface area contributed by atoms with Gasteiger partial charge in [-0.1, -0.05) is 12.1 Å². The van der Waals surface area contributed by atoms with Crippen LogP contribution in [0.25, 0.3) is 0 Å². The van der Waals surface area contributed by atoms with Gasteiger partial charge in [0.1, 0.15) is 5.56 Å². The zero-order valence-corrected chi connectivity index (χ0v) is 14.5. The highest BCUT2D eigenvalue weighted by Crippen LogP contribution is 2.26. The van der Waals surface area contributed by atoms with Gasteiger partial charge in [0.2, 0.25) is 0 Å². The second kappa shape index (κ2) is 8.04. The van der Waals surface area contributed by atoms with Gasteiger partial charge in [-0.05, 0) is 32.0 Å². The zero-order valence-electron chi connectivity index (χ0n) is 14.5. The topological polar surface area (TPSA) is 144 Å². The summed E-state index contributed by atoms with van der Waals surface area (Å²) in [5, 5.41) is 27.1. The molecule has 0 aliphatic carbocycles. The number of carbonyl (C=O) groups excluding carboxylic acids is 2. The van der Waals surface area contributed by atoms with Gasteiger partial charge >= 0.3 is 0 Å². The molecule has 27 heavy (non-hydrogen) atoms. The maximum atomic E-state index is 12.5. The fraction of sp³-hybridized carbons (Fsp3) is 0.176. The molecule has 2 rings (SSSR count). The van der Waals surface area contributed by atoms with E-state index in [1.54, 1.807) is 26.0 Å². The van der Waals surface area contributed by atoms with Crippen molar-refractivity contribution in [2.45, 2.75) is 19.9 Å². The number of amides is 2. The molecule has 0 unspecified atom stereocenters. The molecule has 140 valence electrons. The molecule has 0 aromatic heterocycles. The van der Waals surface area contributed by atoms with Gasteiger partial charge in [-0.25, -0.2) is 0 Å². The molecule has 0 saturated carbocycles. The lowest BCUT2D eigenvalue weighted by Crippen LogP contribution is -2.31. The molecule has 2 amide bonds. The Hall–Kier alpha value is -3.82. The minimum atomic E-state index is -0.876. The Labute approximate surface area is 153 Å². The minimum absolute atomic E-state index is 0.128. The van der Waals surface area contributed by atoms with Gasteiger partial charge in [0, 0.05) is 12.1 Å². The number of nitrogens with one attached hydrogen (secondary N) is 2. The van der Waals surface area contributed by atoms with E-state index < -0.39 is 33.0 Å². The summed E-state index contributed by atoms with van der Waals surface area (Å²) in [7, 11) is 0. The van der Waals surface area contributed by atoms with Crippen molar-refractivity contribution in [1.82, 2.24) is 5.32 Å². The lowest BCUT2D eigenvalue weighted by Gasteiger charge is -2.13. The average Bonchev–Trinajstić information content (AvgIpc) is 2.60. The van der Waals surface area contributed by atoms with Crippen LogP contribution < -0.4 is 10.6 Å². The van der Waals surface area contributed by atoms with Gasteiger partial charge in [-0.2, -0.15) is 0 Å². The summed E-state index contributed by atoms with van der Waals surface area (Å²) in [4.78, 5) is 45.1. The lowest BCUT2D eigenvalue weighted by molar-refractivity contribution is -0.394. The van der Waals surface area contributed by atoms with Gasteiger partial charge in [0.15, 0.2) is 0 Å². The normalized spacial score (nSPS) is 10.3. The fourth-order valence-corrected chi connectivity index (χ4v) is 2.30. The van der Waals surface area contributed by atoms with Crippen LogP contribution in [0.15, 0.2) is 42.5 Å². The highest BCUT2D eigenvalue weighted by molar-refractivity contribution is 6.10. The number of hydrogen-bond acceptors (Lipinski definition) is 6. The second-order valence-electron chi connectivity index (χ2n) is 5.84. The molecule has 2 aromatic carbocycles. The third kappa shape index (κ3) is 4.63. The third-order valence-electron chi connectivity index (χ3n) is 3.47. The number of nitro benzene ring substituents is 2. The number of anilines is 1. The molecular weight excluding hydrogens is 356 g/mol. The largest absolute Gasteiger partial charge is 0.350 e. The van der Waals surface area contributed by atoms with Crippen LogP contribution in [0.4, 0.5) is 17.1 Å². The summed E-state index contributed by atoms with van der Waals surface area (Å²) in [6, 6.07) is 8.76. The SMILES string of the molecule is CC(C)NC(=O)c1ccccc1NC(=O)c1ccc([N+](=O)[O-])cc1[N+](=O)[O-]. The fourth-order valence-electron chi connectivity index (χ4n) is 2.30. The Balaban J connectivity index is 2.37. The van der Waals surface area contributed by atoms with Crippen LogP contribution >= 0.6 is 0 Å². The molecule has 10 heteroatoms. The first kappa shape index (κ1) is 19.5. The number of nitro groups is 2. The molecule has 2 N–H and O–H groups in total. The van der Waals surface area contributed by atoms with Crippen molar-refractivity contribution in [2.24, 2.45) is 0 Å². The van der Waals surface area contributed by atoms with Gasteiger partial charge < -0.3 is 10.6 Å². The van der Waals surface area contributed by atoms with Gasteiger partial charge in [-0.15, -0.1) is 0 Å². The van der Waals surface area contributed by atoms with Crippen LogP contribution in [0.2, 0.25) is 0 Å². The summed E-state index contributed by atoms with van der Waals surface area (Å²) in [5.74, 6) is -1.28. The van der Waals surface area contributed by atoms with E-state index in [1.165, 1.54) is 12.1 Å². The van der Waals surface area contributed by atoms with Crippen LogP contribution in [0.3, 0.4) is 0 Å². The van der Waals surface area contributed by atoms with Crippen LogP contribution in [0.1, 0.15) is 34.6 Å². The first-order chi connectivity index (χ1) is 12.7. The molecule has 0 heterocycles. The van der Waals surface area contributed by atoms with E-state index in [9.17, 15) is 29.8 Å². The summed E-state index contributed by atoms with van der Waals surface area (Å²) in [5.41, 5.74) is -1.22. The predicted molar refractivity (Wildman–Crippen MR) is 96.7 cm³/mol. The van der Waals surface area contributed by atoms with Crippen LogP contribution in [-0.2, 0) is 0 Å². The van der Waals surface area contributed by atoms with Crippen molar-refractivity contribution in [2.75, 3.05) is 5.32 Å². The standard InChI is InChI=1S/C17H16N4O6/c1-10(2)18-16(22)12-5-3-4-6-14(12)19-17(23)13-8-7-11(20(24)25)9-15(13)21(26)27/h3-10H,1-2H3,(H,18,22)(H,19,23). The Morgan fingerprint density at radius 1 is 0.926 bits per heavy atom. The number of para-hydroxylation sites is 1. The first-order valence-electron chi connectivity index (χ1n) is 7.84. The van der Waals surface area contributed by atoms with Crippen molar-refractivity contribution >= 4 is 28.9 Å². The summed E-state index contributed by atoms with van der Waals surface area (Å²) in [6.45, 7) is 3.55. The third-order valence-corrected chi connectivity index (χ3v) is 3.47. The van der Waals surface area contributed by atoms with Crippen LogP contribution in [-0.4, -0.2) is 27.7 Å². The highest BCUT2D eigenvalue weighted by Gasteiger charge is 2.25. The number of benzene rings is 2. The predicted octanol–water partition coefficient (Wildman–Crippen LogP) is 2.89. The van der Waals surface area contributed by atoms with E-state index in [4.69, 9.17) is 0 Å². The van der Waals surface area contributed by atoms with E-state index in [-0.39, 0.29) is 22.9 Å². The van der Waals surface area contributed by atoms with E-state index >= 15 is 0 Å². The number of non-ortho nitro benzene ring substituents is 1. The monoisotopic (exact) mass is 372 g/mol. The number of carbonyl (C=O) groups is 2. The minimum Gasteiger partial charge on any atom is -0.350 e. The van der Waals surface area contributed by atoms with Gasteiger partial charge in [0.05, 0.1) is 27.2 Å². The molecule has 0 saturated heterocycles. The average molecular weight is 372 g/mol. The highest BCUT2D eigenvalue weighted by atomic mass is 16.6. The maximum absolute atomic E-state index is 12.5. The molecule has 0 spiro atoms. The molecule has 0 bridgehead atoms. The van der Waals surface area contributed by atoms with Gasteiger partial charge in [-0.3, -0.25) is 29.8 Å². The Bertz CT molecular complexity index is 925. The maximum Gasteiger partial charge on any atom is 0.289 e. The van der Waals surface area contributed by atoms with Crippen LogP contribution in [0, 0.1) is 20.2 Å². The Morgan fingerprint density at radius 2 is 1.59 bits per heavy atom. The van der Waals surface area contributed by atoms with E-state index in [2.05, 4.69) is 10.6 Å². The van der Waals surface area contributed by atoms with Crippen molar-refractivity contribution < 1.29 is 19.4 Å². The van der Waals surface area contributed by atoms with Crippen molar-refractivity contribution in [3.63, 3.8) is 0 Å². The van der Waals surface area contributed by atoms with Crippen molar-refractivity contribution in [3.05, 3.63) is 73.8 Å². The summed E-state index contributed by atoms with van der Waals surface area (Å²) >= 11 is 0. The molecular formula is C17H16N4O6. The number of nitrogens with zero attached hydrogens (tertiary/aromatic N) is 2. The second-order valence-corrected chi connectivity index (χ2v) is 5.84. The molecule has 0 fully saturated rings. The Kier molecular flexibility index (Phi) is 5.81. The molecule has 0 aliphatic rings. The smallest absolute Gasteiger partial charge is 0.289 e. The Morgan fingerprint density at radius 3 is 2.19 bits per heavy atom. The summed E-state index contributed by atoms with van der Waals surface area (Å²) < 4.78 is 0. The molecule has 2 aromatic rings. The van der Waals surface area contributed by atoms with E-state index in [0.717, 1.165) is 12.1 Å². The van der Waals surface area contributed by atoms with E-state index in [0.29, 0.717) is 6.07 Å². The summed E-state index contributed by atoms with van der Waals surface area (Å²) in [6.07, 6.45) is 0. The van der Waals surface area contributed by atoms with E-state index in [1.807, 2.05) is 0 Å². The quantitative estimate of drug-likeness (QED) is 0.589. The number of hydrogen-bond donors (Lipinski definition) is 2. The molecule has 10 nitrogen and oxygen atoms in total. The lowest BCUT2D eigenvalue weighted by atomic mass is 10.1. The zero-order chi connectivity index (χ0) is 20.1. The number of rotatable bonds is 6. The first-order valence-corrected chi connectivity index (χ1v) is 7.84.